The lowest BCUT2D eigenvalue weighted by molar-refractivity contribution is 0.281. The van der Waals surface area contributed by atoms with Gasteiger partial charge in [-0.1, -0.05) is 19.1 Å². The molecule has 5 nitrogen and oxygen atoms in total. The minimum atomic E-state index is -0.526. The molecule has 2 rings (SSSR count). The molecule has 2 aromatic rings. The molecule has 0 amide bonds. The Morgan fingerprint density at radius 3 is 2.95 bits per heavy atom. The summed E-state index contributed by atoms with van der Waals surface area (Å²) in [6.45, 7) is 2.05. The van der Waals surface area contributed by atoms with Crippen LogP contribution in [-0.4, -0.2) is 15.6 Å². The number of hydrogen-bond acceptors (Lipinski definition) is 5. The van der Waals surface area contributed by atoms with Crippen LogP contribution < -0.4 is 10.5 Å². The largest absolute Gasteiger partial charge is 0.479 e. The van der Waals surface area contributed by atoms with Gasteiger partial charge in [-0.25, -0.2) is 9.89 Å². The summed E-state index contributed by atoms with van der Waals surface area (Å²) in [7, 11) is 0. The van der Waals surface area contributed by atoms with Gasteiger partial charge in [0.25, 0.3) is 0 Å². The van der Waals surface area contributed by atoms with Gasteiger partial charge in [0.2, 0.25) is 5.89 Å². The zero-order chi connectivity index (χ0) is 13.7. The van der Waals surface area contributed by atoms with Crippen molar-refractivity contribution in [2.45, 2.75) is 24.5 Å². The number of aromatic nitrogens is 2. The summed E-state index contributed by atoms with van der Waals surface area (Å²) in [6.07, 6.45) is 0.851. The number of para-hydroxylation sites is 1. The van der Waals surface area contributed by atoms with Crippen LogP contribution in [0.3, 0.4) is 0 Å². The topological polar surface area (TPSA) is 68.1 Å². The second kappa shape index (κ2) is 6.99. The Morgan fingerprint density at radius 1 is 1.53 bits per heavy atom. The molecule has 1 heterocycles. The summed E-state index contributed by atoms with van der Waals surface area (Å²) in [5.41, 5.74) is -0.00193. The van der Waals surface area contributed by atoms with E-state index in [0.29, 0.717) is 11.6 Å². The number of H-pyrrole nitrogens is 1. The van der Waals surface area contributed by atoms with Crippen molar-refractivity contribution < 1.29 is 9.15 Å². The lowest BCUT2D eigenvalue weighted by Gasteiger charge is -2.17. The van der Waals surface area contributed by atoms with E-state index in [-0.39, 0.29) is 5.44 Å². The van der Waals surface area contributed by atoms with Crippen LogP contribution in [-0.2, 0) is 5.75 Å². The van der Waals surface area contributed by atoms with Crippen molar-refractivity contribution in [3.8, 4) is 5.75 Å². The van der Waals surface area contributed by atoms with E-state index in [9.17, 15) is 4.79 Å². The van der Waals surface area contributed by atoms with Crippen LogP contribution in [0.5, 0.6) is 5.75 Å². The number of nitrogens with zero attached hydrogens (tertiary/aromatic N) is 1. The Kier molecular flexibility index (Phi) is 5.32. The van der Waals surface area contributed by atoms with Gasteiger partial charge in [-0.05, 0) is 41.1 Å². The Labute approximate surface area is 128 Å². The number of halogens is 1. The third kappa shape index (κ3) is 4.27. The maximum absolute atomic E-state index is 10.8. The normalized spacial score (nSPS) is 12.3. The number of rotatable bonds is 6. The summed E-state index contributed by atoms with van der Waals surface area (Å²) in [5.74, 6) is 1.23. The molecule has 0 saturated carbocycles. The highest BCUT2D eigenvalue weighted by Crippen LogP contribution is 2.26. The first-order chi connectivity index (χ1) is 9.19. The van der Waals surface area contributed by atoms with E-state index >= 15 is 0 Å². The minimum absolute atomic E-state index is 0.00193. The van der Waals surface area contributed by atoms with Crippen LogP contribution in [0.25, 0.3) is 0 Å². The van der Waals surface area contributed by atoms with E-state index < -0.39 is 5.76 Å². The van der Waals surface area contributed by atoms with E-state index in [0.717, 1.165) is 15.7 Å². The fourth-order valence-electron chi connectivity index (χ4n) is 1.40. The first-order valence-corrected chi connectivity index (χ1v) is 7.89. The second-order valence-corrected chi connectivity index (χ2v) is 6.01. The lowest BCUT2D eigenvalue weighted by Crippen LogP contribution is -2.11. The Balaban J connectivity index is 1.93. The SMILES string of the molecule is CCC(Oc1ccccc1I)SCc1n[nH]c(=O)o1. The highest BCUT2D eigenvalue weighted by Gasteiger charge is 2.12. The van der Waals surface area contributed by atoms with Crippen molar-refractivity contribution in [2.75, 3.05) is 0 Å². The van der Waals surface area contributed by atoms with Gasteiger partial charge < -0.3 is 9.15 Å². The maximum Gasteiger partial charge on any atom is 0.434 e. The summed E-state index contributed by atoms with van der Waals surface area (Å²) >= 11 is 3.79. The van der Waals surface area contributed by atoms with Crippen LogP contribution in [0.4, 0.5) is 0 Å². The zero-order valence-electron chi connectivity index (χ0n) is 10.3. The average Bonchev–Trinajstić information content (AvgIpc) is 2.82. The molecule has 0 spiro atoms. The molecule has 0 aliphatic rings. The van der Waals surface area contributed by atoms with Gasteiger partial charge in [-0.2, -0.15) is 0 Å². The molecule has 0 bridgehead atoms. The molecule has 0 aliphatic heterocycles. The number of benzene rings is 1. The van der Waals surface area contributed by atoms with Crippen molar-refractivity contribution >= 4 is 34.4 Å². The molecule has 7 heteroatoms. The molecule has 1 aromatic heterocycles. The molecular weight excluding hydrogens is 379 g/mol. The predicted octanol–water partition coefficient (Wildman–Crippen LogP) is 3.02. The number of nitrogens with one attached hydrogen (secondary N) is 1. The maximum atomic E-state index is 10.8. The Hall–Kier alpha value is -0.960. The fourth-order valence-corrected chi connectivity index (χ4v) is 2.78. The van der Waals surface area contributed by atoms with Crippen LogP contribution in [0.1, 0.15) is 19.2 Å². The van der Waals surface area contributed by atoms with Gasteiger partial charge in [0.05, 0.1) is 9.32 Å². The van der Waals surface area contributed by atoms with Crippen LogP contribution in [0.2, 0.25) is 0 Å². The third-order valence-corrected chi connectivity index (χ3v) is 4.41. The molecule has 0 aliphatic carbocycles. The van der Waals surface area contributed by atoms with Crippen molar-refractivity contribution in [3.05, 3.63) is 44.3 Å². The first kappa shape index (κ1) is 14.4. The van der Waals surface area contributed by atoms with Gasteiger partial charge in [0.15, 0.2) is 0 Å². The highest BCUT2D eigenvalue weighted by molar-refractivity contribution is 14.1. The molecule has 0 saturated heterocycles. The van der Waals surface area contributed by atoms with Crippen molar-refractivity contribution in [3.63, 3.8) is 0 Å². The Morgan fingerprint density at radius 2 is 2.32 bits per heavy atom. The molecule has 1 atom stereocenters. The van der Waals surface area contributed by atoms with Gasteiger partial charge in [-0.3, -0.25) is 0 Å². The number of hydrogen-bond donors (Lipinski definition) is 1. The molecule has 1 aromatic carbocycles. The Bertz CT molecular complexity index is 584. The van der Waals surface area contributed by atoms with E-state index in [1.807, 2.05) is 31.2 Å². The zero-order valence-corrected chi connectivity index (χ0v) is 13.2. The van der Waals surface area contributed by atoms with Crippen molar-refractivity contribution in [1.82, 2.24) is 10.2 Å². The standard InChI is InChI=1S/C12H13IN2O3S/c1-2-11(17-9-6-4-3-5-8(9)13)19-7-10-14-15-12(16)18-10/h3-6,11H,2,7H2,1H3,(H,15,16). The molecule has 0 fully saturated rings. The molecule has 19 heavy (non-hydrogen) atoms. The number of ether oxygens (including phenoxy) is 1. The molecule has 1 unspecified atom stereocenters. The van der Waals surface area contributed by atoms with Crippen molar-refractivity contribution in [2.24, 2.45) is 0 Å². The fraction of sp³-hybridized carbons (Fsp3) is 0.333. The van der Waals surface area contributed by atoms with E-state index in [1.54, 1.807) is 11.8 Å². The predicted molar refractivity (Wildman–Crippen MR) is 82.3 cm³/mol. The highest BCUT2D eigenvalue weighted by atomic mass is 127. The monoisotopic (exact) mass is 392 g/mol. The molecule has 1 N–H and O–H groups in total. The average molecular weight is 392 g/mol. The summed E-state index contributed by atoms with van der Waals surface area (Å²) < 4.78 is 11.8. The van der Waals surface area contributed by atoms with Gasteiger partial charge in [0, 0.05) is 0 Å². The summed E-state index contributed by atoms with van der Waals surface area (Å²) in [4.78, 5) is 10.8. The minimum Gasteiger partial charge on any atom is -0.479 e. The number of aromatic amines is 1. The third-order valence-electron chi connectivity index (χ3n) is 2.30. The first-order valence-electron chi connectivity index (χ1n) is 5.76. The second-order valence-electron chi connectivity index (χ2n) is 3.70. The van der Waals surface area contributed by atoms with E-state index in [1.165, 1.54) is 0 Å². The van der Waals surface area contributed by atoms with E-state index in [2.05, 4.69) is 32.8 Å². The lowest BCUT2D eigenvalue weighted by atomic mass is 10.3. The summed E-state index contributed by atoms with van der Waals surface area (Å²) in [6, 6.07) is 7.86. The number of thioether (sulfide) groups is 1. The molecule has 102 valence electrons. The smallest absolute Gasteiger partial charge is 0.434 e. The van der Waals surface area contributed by atoms with Crippen LogP contribution in [0, 0.1) is 3.57 Å². The quantitative estimate of drug-likeness (QED) is 0.605. The van der Waals surface area contributed by atoms with Gasteiger partial charge in [0.1, 0.15) is 11.2 Å². The van der Waals surface area contributed by atoms with Crippen molar-refractivity contribution in [1.29, 1.82) is 0 Å². The van der Waals surface area contributed by atoms with Gasteiger partial charge >= 0.3 is 5.76 Å². The van der Waals surface area contributed by atoms with Gasteiger partial charge in [-0.15, -0.1) is 16.9 Å². The molecule has 0 radical (unpaired) electrons. The van der Waals surface area contributed by atoms with Crippen LogP contribution >= 0.6 is 34.4 Å². The molecular formula is C12H13IN2O3S. The summed E-state index contributed by atoms with van der Waals surface area (Å²) in [5, 5.41) is 6.01. The van der Waals surface area contributed by atoms with E-state index in [4.69, 9.17) is 9.15 Å². The van der Waals surface area contributed by atoms with Crippen LogP contribution in [0.15, 0.2) is 33.5 Å².